The standard InChI is InChI=1S/C8H12N4/c1-9-7(10-2)8(11(3)4)12(5)6/h3-6H3. The zero-order valence-electron chi connectivity index (χ0n) is 7.79. The lowest BCUT2D eigenvalue weighted by Crippen LogP contribution is -2.25. The van der Waals surface area contributed by atoms with Crippen LogP contribution in [0.15, 0.2) is 11.6 Å². The third kappa shape index (κ3) is 2.17. The van der Waals surface area contributed by atoms with Gasteiger partial charge >= 0.3 is 5.82 Å². The highest BCUT2D eigenvalue weighted by molar-refractivity contribution is 5.23. The second-order valence-electron chi connectivity index (χ2n) is 2.66. The van der Waals surface area contributed by atoms with Gasteiger partial charge in [0.25, 0.3) is 0 Å². The third-order valence-electron chi connectivity index (χ3n) is 1.26. The predicted molar refractivity (Wildman–Crippen MR) is 47.6 cm³/mol. The predicted octanol–water partition coefficient (Wildman–Crippen LogP) is 1.07. The van der Waals surface area contributed by atoms with Crippen LogP contribution in [0.1, 0.15) is 0 Å². The molecule has 64 valence electrons. The Morgan fingerprint density at radius 2 is 1.25 bits per heavy atom. The summed E-state index contributed by atoms with van der Waals surface area (Å²) < 4.78 is 0. The van der Waals surface area contributed by atoms with E-state index < -0.39 is 0 Å². The fraction of sp³-hybridized carbons (Fsp3) is 0.500. The Morgan fingerprint density at radius 3 is 1.33 bits per heavy atom. The SMILES string of the molecule is [C-]#[N+]C([N+]#[C-])=C(N(C)C)N(C)C. The molecule has 0 aromatic carbocycles. The molecule has 0 aliphatic heterocycles. The van der Waals surface area contributed by atoms with Crippen LogP contribution < -0.4 is 0 Å². The van der Waals surface area contributed by atoms with Crippen LogP contribution in [0.2, 0.25) is 0 Å². The average molecular weight is 164 g/mol. The molecular weight excluding hydrogens is 152 g/mol. The van der Waals surface area contributed by atoms with E-state index in [0.717, 1.165) is 0 Å². The van der Waals surface area contributed by atoms with Gasteiger partial charge in [-0.1, -0.05) is 0 Å². The minimum atomic E-state index is 0.102. The molecule has 0 atom stereocenters. The van der Waals surface area contributed by atoms with Crippen molar-refractivity contribution in [2.45, 2.75) is 0 Å². The van der Waals surface area contributed by atoms with Crippen molar-refractivity contribution in [2.75, 3.05) is 28.2 Å². The van der Waals surface area contributed by atoms with Gasteiger partial charge in [-0.3, -0.25) is 0 Å². The maximum Gasteiger partial charge on any atom is 0.559 e. The van der Waals surface area contributed by atoms with Gasteiger partial charge in [0.15, 0.2) is 5.82 Å². The molecule has 0 aliphatic carbocycles. The van der Waals surface area contributed by atoms with E-state index in [4.69, 9.17) is 13.1 Å². The van der Waals surface area contributed by atoms with Gasteiger partial charge in [-0.2, -0.15) is 9.69 Å². The molecule has 0 heterocycles. The number of hydrogen-bond acceptors (Lipinski definition) is 2. The highest BCUT2D eigenvalue weighted by Gasteiger charge is 2.17. The first-order chi connectivity index (χ1) is 5.54. The van der Waals surface area contributed by atoms with Crippen molar-refractivity contribution >= 4 is 0 Å². The van der Waals surface area contributed by atoms with E-state index in [0.29, 0.717) is 5.82 Å². The zero-order valence-corrected chi connectivity index (χ0v) is 7.79. The number of hydrogen-bond donors (Lipinski definition) is 0. The molecule has 0 saturated carbocycles. The molecule has 12 heavy (non-hydrogen) atoms. The third-order valence-corrected chi connectivity index (χ3v) is 1.26. The van der Waals surface area contributed by atoms with Crippen LogP contribution in [0, 0.1) is 13.1 Å². The minimum absolute atomic E-state index is 0.102. The lowest BCUT2D eigenvalue weighted by atomic mass is 10.5. The number of nitrogens with zero attached hydrogens (tertiary/aromatic N) is 4. The van der Waals surface area contributed by atoms with E-state index in [1.165, 1.54) is 0 Å². The van der Waals surface area contributed by atoms with Gasteiger partial charge < -0.3 is 9.80 Å². The molecule has 0 aliphatic rings. The van der Waals surface area contributed by atoms with Crippen LogP contribution in [-0.4, -0.2) is 38.0 Å². The Morgan fingerprint density at radius 1 is 0.917 bits per heavy atom. The zero-order chi connectivity index (χ0) is 9.72. The quantitative estimate of drug-likeness (QED) is 0.567. The second kappa shape index (κ2) is 4.25. The van der Waals surface area contributed by atoms with Crippen molar-refractivity contribution in [3.8, 4) is 0 Å². The fourth-order valence-electron chi connectivity index (χ4n) is 0.925. The van der Waals surface area contributed by atoms with Crippen LogP contribution in [0.3, 0.4) is 0 Å². The highest BCUT2D eigenvalue weighted by atomic mass is 15.3. The van der Waals surface area contributed by atoms with Gasteiger partial charge in [0.1, 0.15) is 13.1 Å². The molecule has 0 saturated heterocycles. The molecule has 0 amide bonds. The lowest BCUT2D eigenvalue weighted by molar-refractivity contribution is 0.339. The molecule has 0 aromatic heterocycles. The van der Waals surface area contributed by atoms with Gasteiger partial charge in [-0.15, -0.1) is 0 Å². The second-order valence-corrected chi connectivity index (χ2v) is 2.66. The van der Waals surface area contributed by atoms with Crippen molar-refractivity contribution in [1.29, 1.82) is 0 Å². The Balaban J connectivity index is 5.11. The van der Waals surface area contributed by atoms with Crippen LogP contribution in [0.4, 0.5) is 0 Å². The van der Waals surface area contributed by atoms with Gasteiger partial charge in [-0.05, 0) is 0 Å². The maximum atomic E-state index is 6.78. The number of rotatable bonds is 2. The summed E-state index contributed by atoms with van der Waals surface area (Å²) in [6.07, 6.45) is 0. The Kier molecular flexibility index (Phi) is 3.66. The maximum absolute atomic E-state index is 6.78. The van der Waals surface area contributed by atoms with E-state index in [-0.39, 0.29) is 5.82 Å². The molecule has 0 aromatic rings. The summed E-state index contributed by atoms with van der Waals surface area (Å²) in [5.74, 6) is 0.741. The van der Waals surface area contributed by atoms with E-state index in [9.17, 15) is 0 Å². The summed E-state index contributed by atoms with van der Waals surface area (Å²) in [5.41, 5.74) is 0. The molecule has 0 spiro atoms. The van der Waals surface area contributed by atoms with Crippen molar-refractivity contribution < 1.29 is 0 Å². The topological polar surface area (TPSA) is 15.2 Å². The fourth-order valence-corrected chi connectivity index (χ4v) is 0.925. The average Bonchev–Trinajstić information content (AvgIpc) is 1.98. The molecule has 0 radical (unpaired) electrons. The molecule has 4 nitrogen and oxygen atoms in total. The Hall–Kier alpha value is -1.68. The summed E-state index contributed by atoms with van der Waals surface area (Å²) in [4.78, 5) is 9.79. The van der Waals surface area contributed by atoms with Crippen LogP contribution in [-0.2, 0) is 0 Å². The summed E-state index contributed by atoms with van der Waals surface area (Å²) in [6.45, 7) is 13.6. The lowest BCUT2D eigenvalue weighted by Gasteiger charge is -2.21. The van der Waals surface area contributed by atoms with Crippen LogP contribution in [0.25, 0.3) is 9.69 Å². The molecule has 0 N–H and O–H groups in total. The van der Waals surface area contributed by atoms with E-state index >= 15 is 0 Å². The summed E-state index contributed by atoms with van der Waals surface area (Å²) in [6, 6.07) is 0. The van der Waals surface area contributed by atoms with Crippen molar-refractivity contribution in [3.63, 3.8) is 0 Å². The molecule has 0 fully saturated rings. The van der Waals surface area contributed by atoms with Gasteiger partial charge in [0.05, 0.1) is 0 Å². The summed E-state index contributed by atoms with van der Waals surface area (Å²) >= 11 is 0. The van der Waals surface area contributed by atoms with E-state index in [1.807, 2.05) is 28.2 Å². The van der Waals surface area contributed by atoms with E-state index in [2.05, 4.69) is 9.69 Å². The molecule has 4 heteroatoms. The molecule has 0 unspecified atom stereocenters. The highest BCUT2D eigenvalue weighted by Crippen LogP contribution is 2.11. The first kappa shape index (κ1) is 10.3. The smallest absolute Gasteiger partial charge is 0.367 e. The van der Waals surface area contributed by atoms with Crippen molar-refractivity contribution in [3.05, 3.63) is 34.5 Å². The van der Waals surface area contributed by atoms with Crippen LogP contribution in [0.5, 0.6) is 0 Å². The molecular formula is C8H12N4. The van der Waals surface area contributed by atoms with Crippen LogP contribution >= 0.6 is 0 Å². The molecule has 0 bridgehead atoms. The minimum Gasteiger partial charge on any atom is -0.367 e. The first-order valence-corrected chi connectivity index (χ1v) is 3.38. The Labute approximate surface area is 73.3 Å². The van der Waals surface area contributed by atoms with Crippen molar-refractivity contribution in [2.24, 2.45) is 0 Å². The summed E-state index contributed by atoms with van der Waals surface area (Å²) in [7, 11) is 7.24. The summed E-state index contributed by atoms with van der Waals surface area (Å²) in [5, 5.41) is 0. The monoisotopic (exact) mass is 164 g/mol. The Bertz CT molecular complexity index is 236. The molecule has 0 rings (SSSR count). The van der Waals surface area contributed by atoms with Gasteiger partial charge in [0.2, 0.25) is 0 Å². The van der Waals surface area contributed by atoms with Crippen molar-refractivity contribution in [1.82, 2.24) is 9.80 Å². The van der Waals surface area contributed by atoms with Gasteiger partial charge in [0, 0.05) is 28.2 Å². The first-order valence-electron chi connectivity index (χ1n) is 3.38. The van der Waals surface area contributed by atoms with Gasteiger partial charge in [-0.25, -0.2) is 0 Å². The van der Waals surface area contributed by atoms with E-state index in [1.54, 1.807) is 9.80 Å². The normalized spacial score (nSPS) is 7.83. The largest absolute Gasteiger partial charge is 0.559 e.